The molecular weight excluding hydrogens is 330 g/mol. The fourth-order valence-electron chi connectivity index (χ4n) is 2.66. The standard InChI is InChI=1S/C15H19N5O3S/c1-8(2)6-20-7-18-13-14(20)12-11(19-15(13)16)4-10(5-17-12)9(3)24(21,22)23/h4-5,7-9H,6H2,1-3H3,(H2,16,19)(H,21,22,23). The first-order chi connectivity index (χ1) is 11.2. The van der Waals surface area contributed by atoms with E-state index in [2.05, 4.69) is 28.8 Å². The van der Waals surface area contributed by atoms with Crippen LogP contribution in [0.5, 0.6) is 0 Å². The van der Waals surface area contributed by atoms with Gasteiger partial charge >= 0.3 is 0 Å². The van der Waals surface area contributed by atoms with Gasteiger partial charge in [-0.05, 0) is 24.5 Å². The van der Waals surface area contributed by atoms with Gasteiger partial charge in [-0.3, -0.25) is 9.54 Å². The molecular formula is C15H19N5O3S. The lowest BCUT2D eigenvalue weighted by molar-refractivity contribution is 0.472. The third-order valence-corrected chi connectivity index (χ3v) is 5.08. The number of imidazole rings is 1. The molecule has 0 aromatic carbocycles. The molecule has 0 amide bonds. The summed E-state index contributed by atoms with van der Waals surface area (Å²) in [5, 5.41) is -1.09. The van der Waals surface area contributed by atoms with Crippen LogP contribution in [0.2, 0.25) is 0 Å². The molecule has 9 heteroatoms. The van der Waals surface area contributed by atoms with Crippen LogP contribution in [-0.2, 0) is 16.7 Å². The number of nitrogens with zero attached hydrogens (tertiary/aromatic N) is 4. The Bertz CT molecular complexity index is 1030. The molecule has 3 N–H and O–H groups in total. The molecule has 0 spiro atoms. The summed E-state index contributed by atoms with van der Waals surface area (Å²) in [6, 6.07) is 1.59. The third kappa shape index (κ3) is 2.80. The minimum atomic E-state index is -4.21. The number of fused-ring (bicyclic) bond motifs is 3. The number of hydrogen-bond acceptors (Lipinski definition) is 6. The van der Waals surface area contributed by atoms with E-state index >= 15 is 0 Å². The van der Waals surface area contributed by atoms with Crippen molar-refractivity contribution in [1.29, 1.82) is 0 Å². The van der Waals surface area contributed by atoms with Gasteiger partial charge in [0.1, 0.15) is 21.8 Å². The van der Waals surface area contributed by atoms with Crippen LogP contribution in [0.15, 0.2) is 18.6 Å². The maximum atomic E-state index is 11.3. The number of anilines is 1. The summed E-state index contributed by atoms with van der Waals surface area (Å²) in [7, 11) is -4.21. The van der Waals surface area contributed by atoms with Crippen LogP contribution >= 0.6 is 0 Å². The smallest absolute Gasteiger partial charge is 0.271 e. The minimum absolute atomic E-state index is 0.262. The number of hydrogen-bond donors (Lipinski definition) is 2. The second kappa shape index (κ2) is 5.67. The molecule has 0 saturated heterocycles. The first kappa shape index (κ1) is 16.6. The largest absolute Gasteiger partial charge is 0.382 e. The van der Waals surface area contributed by atoms with Gasteiger partial charge in [-0.15, -0.1) is 0 Å². The highest BCUT2D eigenvalue weighted by Gasteiger charge is 2.22. The lowest BCUT2D eigenvalue weighted by Gasteiger charge is -2.11. The molecule has 0 aliphatic carbocycles. The van der Waals surface area contributed by atoms with Gasteiger partial charge < -0.3 is 10.3 Å². The summed E-state index contributed by atoms with van der Waals surface area (Å²) in [5.41, 5.74) is 8.77. The van der Waals surface area contributed by atoms with E-state index in [4.69, 9.17) is 5.73 Å². The Labute approximate surface area is 139 Å². The van der Waals surface area contributed by atoms with E-state index in [0.717, 1.165) is 12.1 Å². The van der Waals surface area contributed by atoms with E-state index < -0.39 is 15.4 Å². The molecule has 24 heavy (non-hydrogen) atoms. The molecule has 3 aromatic heterocycles. The van der Waals surface area contributed by atoms with Crippen molar-refractivity contribution in [2.45, 2.75) is 32.6 Å². The first-order valence-electron chi connectivity index (χ1n) is 7.54. The summed E-state index contributed by atoms with van der Waals surface area (Å²) in [5.74, 6) is 0.670. The maximum Gasteiger partial charge on any atom is 0.271 e. The van der Waals surface area contributed by atoms with Crippen molar-refractivity contribution in [2.24, 2.45) is 5.92 Å². The molecule has 128 valence electrons. The van der Waals surface area contributed by atoms with Crippen LogP contribution in [0, 0.1) is 5.92 Å². The lowest BCUT2D eigenvalue weighted by atomic mass is 10.1. The number of pyridine rings is 2. The lowest BCUT2D eigenvalue weighted by Crippen LogP contribution is -2.09. The molecule has 1 atom stereocenters. The van der Waals surface area contributed by atoms with Gasteiger partial charge in [0, 0.05) is 12.7 Å². The SMILES string of the molecule is CC(C)Cn1cnc2c(N)nc3cc(C(C)S(=O)(=O)O)cnc3c21. The molecule has 8 nitrogen and oxygen atoms in total. The zero-order valence-electron chi connectivity index (χ0n) is 13.6. The van der Waals surface area contributed by atoms with Crippen molar-refractivity contribution in [3.05, 3.63) is 24.2 Å². The van der Waals surface area contributed by atoms with E-state index in [9.17, 15) is 13.0 Å². The number of aromatic nitrogens is 4. The monoisotopic (exact) mass is 349 g/mol. The van der Waals surface area contributed by atoms with Crippen molar-refractivity contribution < 1.29 is 13.0 Å². The van der Waals surface area contributed by atoms with Crippen molar-refractivity contribution in [1.82, 2.24) is 19.5 Å². The Morgan fingerprint density at radius 2 is 1.96 bits per heavy atom. The number of nitrogen functional groups attached to an aromatic ring is 1. The molecule has 0 fully saturated rings. The topological polar surface area (TPSA) is 124 Å². The van der Waals surface area contributed by atoms with Crippen LogP contribution < -0.4 is 5.73 Å². The van der Waals surface area contributed by atoms with Gasteiger partial charge in [0.05, 0.1) is 11.8 Å². The van der Waals surface area contributed by atoms with Crippen LogP contribution in [0.3, 0.4) is 0 Å². The number of nitrogens with two attached hydrogens (primary N) is 1. The molecule has 0 aliphatic rings. The van der Waals surface area contributed by atoms with E-state index in [1.165, 1.54) is 13.1 Å². The second-order valence-corrected chi connectivity index (χ2v) is 8.02. The van der Waals surface area contributed by atoms with Crippen LogP contribution in [-0.4, -0.2) is 32.5 Å². The zero-order chi connectivity index (χ0) is 17.6. The van der Waals surface area contributed by atoms with E-state index in [-0.39, 0.29) is 5.82 Å². The van der Waals surface area contributed by atoms with Gasteiger partial charge in [-0.1, -0.05) is 13.8 Å². The first-order valence-corrected chi connectivity index (χ1v) is 9.05. The molecule has 0 saturated carbocycles. The van der Waals surface area contributed by atoms with Gasteiger partial charge in [0.15, 0.2) is 5.82 Å². The Hall–Kier alpha value is -2.26. The van der Waals surface area contributed by atoms with Crippen LogP contribution in [0.25, 0.3) is 22.1 Å². The summed E-state index contributed by atoms with van der Waals surface area (Å²) < 4.78 is 33.9. The van der Waals surface area contributed by atoms with Gasteiger partial charge in [-0.25, -0.2) is 9.97 Å². The highest BCUT2D eigenvalue weighted by molar-refractivity contribution is 7.86. The van der Waals surface area contributed by atoms with Gasteiger partial charge in [0.2, 0.25) is 0 Å². The average molecular weight is 349 g/mol. The maximum absolute atomic E-state index is 11.3. The van der Waals surface area contributed by atoms with Crippen LogP contribution in [0.4, 0.5) is 5.82 Å². The molecule has 3 aromatic rings. The molecule has 0 bridgehead atoms. The van der Waals surface area contributed by atoms with Gasteiger partial charge in [-0.2, -0.15) is 8.42 Å². The van der Waals surface area contributed by atoms with Crippen molar-refractivity contribution in [2.75, 3.05) is 5.73 Å². The van der Waals surface area contributed by atoms with Crippen molar-refractivity contribution >= 4 is 38.0 Å². The average Bonchev–Trinajstić information content (AvgIpc) is 2.89. The minimum Gasteiger partial charge on any atom is -0.382 e. The van der Waals surface area contributed by atoms with E-state index in [1.54, 1.807) is 12.4 Å². The van der Waals surface area contributed by atoms with Crippen LogP contribution in [0.1, 0.15) is 31.6 Å². The summed E-state index contributed by atoms with van der Waals surface area (Å²) in [4.78, 5) is 13.0. The molecule has 0 aliphatic heterocycles. The van der Waals surface area contributed by atoms with Crippen molar-refractivity contribution in [3.63, 3.8) is 0 Å². The quantitative estimate of drug-likeness (QED) is 0.692. The Morgan fingerprint density at radius 3 is 2.58 bits per heavy atom. The Morgan fingerprint density at radius 1 is 1.25 bits per heavy atom. The predicted molar refractivity (Wildman–Crippen MR) is 92.0 cm³/mol. The fourth-order valence-corrected chi connectivity index (χ4v) is 3.14. The predicted octanol–water partition coefficient (Wildman–Crippen LogP) is 2.17. The Kier molecular flexibility index (Phi) is 3.92. The molecule has 0 radical (unpaired) electrons. The highest BCUT2D eigenvalue weighted by atomic mass is 32.2. The summed E-state index contributed by atoms with van der Waals surface area (Å²) >= 11 is 0. The second-order valence-electron chi connectivity index (χ2n) is 6.28. The zero-order valence-corrected chi connectivity index (χ0v) is 14.4. The molecule has 3 rings (SSSR count). The number of rotatable bonds is 4. The van der Waals surface area contributed by atoms with Crippen molar-refractivity contribution in [3.8, 4) is 0 Å². The highest BCUT2D eigenvalue weighted by Crippen LogP contribution is 2.29. The van der Waals surface area contributed by atoms with E-state index in [1.807, 2.05) is 4.57 Å². The molecule has 1 unspecified atom stereocenters. The van der Waals surface area contributed by atoms with E-state index in [0.29, 0.717) is 28.0 Å². The third-order valence-electron chi connectivity index (χ3n) is 3.91. The fraction of sp³-hybridized carbons (Fsp3) is 0.400. The normalized spacial score (nSPS) is 13.9. The Balaban J connectivity index is 2.27. The van der Waals surface area contributed by atoms with Gasteiger partial charge in [0.25, 0.3) is 10.1 Å². The summed E-state index contributed by atoms with van der Waals surface area (Å²) in [6.45, 7) is 6.33. The molecule has 3 heterocycles. The summed E-state index contributed by atoms with van der Waals surface area (Å²) in [6.07, 6.45) is 3.14.